The van der Waals surface area contributed by atoms with Gasteiger partial charge in [-0.1, -0.05) is 60.7 Å². The number of rotatable bonds is 1. The largest absolute Gasteiger partial charge is 0.399 e. The standard InChI is InChI=1S/C20H15N/c21-15-10-11-18-16-8-4-5-9-17(16)19(20(18)13-15)12-14-6-2-1-3-7-14/h1-13H,21H2. The second kappa shape index (κ2) is 4.64. The molecule has 0 bridgehead atoms. The first-order chi connectivity index (χ1) is 10.3. The van der Waals surface area contributed by atoms with Gasteiger partial charge in [0.15, 0.2) is 0 Å². The number of anilines is 1. The van der Waals surface area contributed by atoms with Crippen LogP contribution in [0, 0.1) is 0 Å². The van der Waals surface area contributed by atoms with Crippen LogP contribution in [-0.2, 0) is 0 Å². The molecule has 3 aromatic rings. The van der Waals surface area contributed by atoms with E-state index in [0.29, 0.717) is 0 Å². The smallest absolute Gasteiger partial charge is 0.0320 e. The molecule has 0 atom stereocenters. The van der Waals surface area contributed by atoms with Crippen molar-refractivity contribution < 1.29 is 0 Å². The van der Waals surface area contributed by atoms with Crippen LogP contribution in [0.15, 0.2) is 72.8 Å². The summed E-state index contributed by atoms with van der Waals surface area (Å²) < 4.78 is 0. The van der Waals surface area contributed by atoms with Crippen molar-refractivity contribution in [3.8, 4) is 11.1 Å². The Morgan fingerprint density at radius 3 is 2.10 bits per heavy atom. The number of nitrogen functional groups attached to an aromatic ring is 1. The van der Waals surface area contributed by atoms with E-state index in [4.69, 9.17) is 5.73 Å². The minimum atomic E-state index is 0.806. The zero-order chi connectivity index (χ0) is 14.2. The van der Waals surface area contributed by atoms with Crippen LogP contribution in [0.5, 0.6) is 0 Å². The van der Waals surface area contributed by atoms with E-state index in [9.17, 15) is 0 Å². The molecule has 0 saturated carbocycles. The summed E-state index contributed by atoms with van der Waals surface area (Å²) in [6, 6.07) is 25.1. The highest BCUT2D eigenvalue weighted by Crippen LogP contribution is 2.45. The van der Waals surface area contributed by atoms with Gasteiger partial charge in [0, 0.05) is 5.69 Å². The Labute approximate surface area is 124 Å². The molecule has 1 heteroatoms. The minimum Gasteiger partial charge on any atom is -0.399 e. The number of fused-ring (bicyclic) bond motifs is 3. The van der Waals surface area contributed by atoms with Crippen molar-refractivity contribution in [2.24, 2.45) is 0 Å². The molecule has 2 N–H and O–H groups in total. The fourth-order valence-electron chi connectivity index (χ4n) is 2.99. The summed E-state index contributed by atoms with van der Waals surface area (Å²) >= 11 is 0. The zero-order valence-corrected chi connectivity index (χ0v) is 11.6. The summed E-state index contributed by atoms with van der Waals surface area (Å²) in [5, 5.41) is 0. The predicted molar refractivity (Wildman–Crippen MR) is 89.7 cm³/mol. The lowest BCUT2D eigenvalue weighted by atomic mass is 10.0. The number of nitrogens with two attached hydrogens (primary N) is 1. The molecule has 0 aromatic heterocycles. The van der Waals surface area contributed by atoms with E-state index in [0.717, 1.165) is 5.69 Å². The lowest BCUT2D eigenvalue weighted by molar-refractivity contribution is 1.63. The van der Waals surface area contributed by atoms with Crippen molar-refractivity contribution in [3.05, 3.63) is 89.5 Å². The van der Waals surface area contributed by atoms with E-state index in [1.54, 1.807) is 0 Å². The van der Waals surface area contributed by atoms with Crippen LogP contribution in [0.2, 0.25) is 0 Å². The maximum absolute atomic E-state index is 5.99. The first kappa shape index (κ1) is 12.0. The minimum absolute atomic E-state index is 0.806. The lowest BCUT2D eigenvalue weighted by Crippen LogP contribution is -1.87. The molecule has 100 valence electrons. The van der Waals surface area contributed by atoms with Crippen molar-refractivity contribution in [2.45, 2.75) is 0 Å². The molecule has 1 aliphatic rings. The predicted octanol–water partition coefficient (Wildman–Crippen LogP) is 4.84. The Bertz CT molecular complexity index is 845. The molecule has 0 unspecified atom stereocenters. The molecular weight excluding hydrogens is 254 g/mol. The fourth-order valence-corrected chi connectivity index (χ4v) is 2.99. The van der Waals surface area contributed by atoms with Crippen LogP contribution in [0.4, 0.5) is 5.69 Å². The zero-order valence-electron chi connectivity index (χ0n) is 11.6. The van der Waals surface area contributed by atoms with Gasteiger partial charge in [-0.25, -0.2) is 0 Å². The first-order valence-electron chi connectivity index (χ1n) is 7.09. The van der Waals surface area contributed by atoms with Crippen LogP contribution in [-0.4, -0.2) is 0 Å². The van der Waals surface area contributed by atoms with Crippen LogP contribution >= 0.6 is 0 Å². The number of hydrogen-bond donors (Lipinski definition) is 1. The van der Waals surface area contributed by atoms with Gasteiger partial charge in [-0.2, -0.15) is 0 Å². The second-order valence-corrected chi connectivity index (χ2v) is 5.32. The van der Waals surface area contributed by atoms with Crippen molar-refractivity contribution in [3.63, 3.8) is 0 Å². The molecule has 0 fully saturated rings. The topological polar surface area (TPSA) is 26.0 Å². The highest BCUT2D eigenvalue weighted by atomic mass is 14.5. The van der Waals surface area contributed by atoms with Crippen molar-refractivity contribution in [2.75, 3.05) is 5.73 Å². The van der Waals surface area contributed by atoms with Gasteiger partial charge in [-0.3, -0.25) is 0 Å². The van der Waals surface area contributed by atoms with Gasteiger partial charge in [0.25, 0.3) is 0 Å². The maximum atomic E-state index is 5.99. The summed E-state index contributed by atoms with van der Waals surface area (Å²) in [5.74, 6) is 0. The van der Waals surface area contributed by atoms with Crippen molar-refractivity contribution in [1.29, 1.82) is 0 Å². The van der Waals surface area contributed by atoms with Gasteiger partial charge < -0.3 is 5.73 Å². The average molecular weight is 269 g/mol. The number of hydrogen-bond acceptors (Lipinski definition) is 1. The van der Waals surface area contributed by atoms with E-state index in [1.165, 1.54) is 33.4 Å². The quantitative estimate of drug-likeness (QED) is 0.492. The molecular formula is C20H15N. The van der Waals surface area contributed by atoms with Gasteiger partial charge in [0.2, 0.25) is 0 Å². The fraction of sp³-hybridized carbons (Fsp3) is 0. The van der Waals surface area contributed by atoms with E-state index in [-0.39, 0.29) is 0 Å². The van der Waals surface area contributed by atoms with Gasteiger partial charge in [0.05, 0.1) is 0 Å². The third-order valence-electron chi connectivity index (χ3n) is 3.95. The van der Waals surface area contributed by atoms with Crippen LogP contribution in [0.1, 0.15) is 16.7 Å². The number of benzene rings is 3. The molecule has 0 heterocycles. The van der Waals surface area contributed by atoms with Crippen molar-refractivity contribution >= 4 is 17.3 Å². The van der Waals surface area contributed by atoms with Crippen LogP contribution in [0.25, 0.3) is 22.8 Å². The van der Waals surface area contributed by atoms with Gasteiger partial charge in [-0.15, -0.1) is 0 Å². The second-order valence-electron chi connectivity index (χ2n) is 5.32. The van der Waals surface area contributed by atoms with Gasteiger partial charge in [0.1, 0.15) is 0 Å². The molecule has 0 amide bonds. The monoisotopic (exact) mass is 269 g/mol. The Morgan fingerprint density at radius 1 is 0.619 bits per heavy atom. The molecule has 3 aromatic carbocycles. The van der Waals surface area contributed by atoms with Crippen LogP contribution < -0.4 is 5.73 Å². The molecule has 0 saturated heterocycles. The molecule has 0 radical (unpaired) electrons. The van der Waals surface area contributed by atoms with E-state index >= 15 is 0 Å². The molecule has 1 aliphatic carbocycles. The Kier molecular flexibility index (Phi) is 2.65. The molecule has 0 spiro atoms. The summed E-state index contributed by atoms with van der Waals surface area (Å²) in [5.41, 5.74) is 14.3. The highest BCUT2D eigenvalue weighted by Gasteiger charge is 2.22. The van der Waals surface area contributed by atoms with Gasteiger partial charge in [-0.05, 0) is 51.6 Å². The third kappa shape index (κ3) is 1.95. The van der Waals surface area contributed by atoms with E-state index < -0.39 is 0 Å². The van der Waals surface area contributed by atoms with E-state index in [2.05, 4.69) is 66.7 Å². The lowest BCUT2D eigenvalue weighted by Gasteiger charge is -2.04. The summed E-state index contributed by atoms with van der Waals surface area (Å²) in [6.07, 6.45) is 2.24. The SMILES string of the molecule is Nc1ccc2c(c1)C(=Cc1ccccc1)c1ccccc1-2. The summed E-state index contributed by atoms with van der Waals surface area (Å²) in [7, 11) is 0. The van der Waals surface area contributed by atoms with Crippen molar-refractivity contribution in [1.82, 2.24) is 0 Å². The van der Waals surface area contributed by atoms with Gasteiger partial charge >= 0.3 is 0 Å². The Balaban J connectivity index is 1.99. The molecule has 4 rings (SSSR count). The maximum Gasteiger partial charge on any atom is 0.0320 e. The summed E-state index contributed by atoms with van der Waals surface area (Å²) in [4.78, 5) is 0. The molecule has 0 aliphatic heterocycles. The first-order valence-corrected chi connectivity index (χ1v) is 7.09. The average Bonchev–Trinajstić information content (AvgIpc) is 2.82. The Morgan fingerprint density at radius 2 is 1.29 bits per heavy atom. The molecule has 1 nitrogen and oxygen atoms in total. The Hall–Kier alpha value is -2.80. The highest BCUT2D eigenvalue weighted by molar-refractivity contribution is 6.07. The third-order valence-corrected chi connectivity index (χ3v) is 3.95. The van der Waals surface area contributed by atoms with E-state index in [1.807, 2.05) is 12.1 Å². The normalized spacial score (nSPS) is 14.0. The summed E-state index contributed by atoms with van der Waals surface area (Å²) in [6.45, 7) is 0. The molecule has 21 heavy (non-hydrogen) atoms. The van der Waals surface area contributed by atoms with Crippen LogP contribution in [0.3, 0.4) is 0 Å².